The van der Waals surface area contributed by atoms with E-state index in [1.54, 1.807) is 36.4 Å². The van der Waals surface area contributed by atoms with E-state index in [-0.39, 0.29) is 5.91 Å². The van der Waals surface area contributed by atoms with E-state index in [1.807, 2.05) is 12.1 Å². The van der Waals surface area contributed by atoms with Crippen LogP contribution >= 0.6 is 0 Å². The van der Waals surface area contributed by atoms with Gasteiger partial charge in [0.05, 0.1) is 11.6 Å². The van der Waals surface area contributed by atoms with Crippen molar-refractivity contribution in [2.24, 2.45) is 0 Å². The van der Waals surface area contributed by atoms with Crippen molar-refractivity contribution in [3.8, 4) is 11.8 Å². The predicted octanol–water partition coefficient (Wildman–Crippen LogP) is 3.38. The Morgan fingerprint density at radius 3 is 2.72 bits per heavy atom. The molecule has 0 heterocycles. The third-order valence-electron chi connectivity index (χ3n) is 4.41. The van der Waals surface area contributed by atoms with Crippen LogP contribution in [0.5, 0.6) is 5.75 Å². The summed E-state index contributed by atoms with van der Waals surface area (Å²) in [5.41, 5.74) is 0.823. The molecule has 0 unspecified atom stereocenters. The minimum Gasteiger partial charge on any atom is -0.489 e. The van der Waals surface area contributed by atoms with Crippen LogP contribution in [0.4, 0.5) is 5.69 Å². The summed E-state index contributed by atoms with van der Waals surface area (Å²) in [6.07, 6.45) is 2.75. The van der Waals surface area contributed by atoms with Crippen molar-refractivity contribution in [3.63, 3.8) is 0 Å². The standard InChI is InChI=1S/C20H20N2O3/c21-13-15-5-3-6-16(11-15)14-25-18-8-4-7-17(12-18)22-19(23)20(24)9-1-2-10-20/h3-8,11-12,24H,1-2,9-10,14H2,(H,22,23). The number of anilines is 1. The SMILES string of the molecule is N#Cc1cccc(COc2cccc(NC(=O)C3(O)CCCC3)c2)c1. The molecule has 1 aliphatic carbocycles. The van der Waals surface area contributed by atoms with Gasteiger partial charge in [-0.2, -0.15) is 5.26 Å². The molecule has 1 aliphatic rings. The summed E-state index contributed by atoms with van der Waals surface area (Å²) in [5.74, 6) is 0.252. The van der Waals surface area contributed by atoms with Crippen LogP contribution in [-0.4, -0.2) is 16.6 Å². The van der Waals surface area contributed by atoms with Gasteiger partial charge in [-0.15, -0.1) is 0 Å². The molecule has 0 aromatic heterocycles. The third-order valence-corrected chi connectivity index (χ3v) is 4.41. The van der Waals surface area contributed by atoms with Crippen molar-refractivity contribution in [3.05, 3.63) is 59.7 Å². The maximum Gasteiger partial charge on any atom is 0.256 e. The molecule has 0 aliphatic heterocycles. The highest BCUT2D eigenvalue weighted by Gasteiger charge is 2.38. The second-order valence-corrected chi connectivity index (χ2v) is 6.32. The average molecular weight is 336 g/mol. The summed E-state index contributed by atoms with van der Waals surface area (Å²) in [6.45, 7) is 0.330. The number of nitrogens with zero attached hydrogens (tertiary/aromatic N) is 1. The van der Waals surface area contributed by atoms with E-state index in [0.29, 0.717) is 36.4 Å². The summed E-state index contributed by atoms with van der Waals surface area (Å²) in [4.78, 5) is 12.3. The van der Waals surface area contributed by atoms with Gasteiger partial charge in [-0.05, 0) is 55.5 Å². The molecule has 1 fully saturated rings. The summed E-state index contributed by atoms with van der Waals surface area (Å²) >= 11 is 0. The number of carbonyl (C=O) groups is 1. The van der Waals surface area contributed by atoms with Crippen LogP contribution in [0.3, 0.4) is 0 Å². The zero-order valence-electron chi connectivity index (χ0n) is 13.9. The molecule has 0 spiro atoms. The lowest BCUT2D eigenvalue weighted by molar-refractivity contribution is -0.133. The Labute approximate surface area is 146 Å². The number of rotatable bonds is 5. The Kier molecular flexibility index (Phi) is 5.01. The van der Waals surface area contributed by atoms with E-state index in [2.05, 4.69) is 11.4 Å². The number of hydrogen-bond donors (Lipinski definition) is 2. The van der Waals surface area contributed by atoms with Crippen molar-refractivity contribution in [2.45, 2.75) is 37.9 Å². The minimum atomic E-state index is -1.26. The lowest BCUT2D eigenvalue weighted by Crippen LogP contribution is -2.40. The summed E-state index contributed by atoms with van der Waals surface area (Å²) in [6, 6.07) is 16.4. The Hall–Kier alpha value is -2.84. The van der Waals surface area contributed by atoms with Crippen LogP contribution in [0.1, 0.15) is 36.8 Å². The summed E-state index contributed by atoms with van der Waals surface area (Å²) in [7, 11) is 0. The second-order valence-electron chi connectivity index (χ2n) is 6.32. The average Bonchev–Trinajstić information content (AvgIpc) is 3.08. The number of hydrogen-bond acceptors (Lipinski definition) is 4. The van der Waals surface area contributed by atoms with Crippen molar-refractivity contribution < 1.29 is 14.6 Å². The normalized spacial score (nSPS) is 15.4. The van der Waals surface area contributed by atoms with Crippen molar-refractivity contribution in [2.75, 3.05) is 5.32 Å². The van der Waals surface area contributed by atoms with Gasteiger partial charge in [0.2, 0.25) is 0 Å². The minimum absolute atomic E-state index is 0.330. The van der Waals surface area contributed by atoms with Gasteiger partial charge < -0.3 is 15.2 Å². The molecular formula is C20H20N2O3. The van der Waals surface area contributed by atoms with Crippen LogP contribution in [0.2, 0.25) is 0 Å². The first-order valence-corrected chi connectivity index (χ1v) is 8.35. The smallest absolute Gasteiger partial charge is 0.256 e. The Morgan fingerprint density at radius 2 is 1.96 bits per heavy atom. The van der Waals surface area contributed by atoms with E-state index in [0.717, 1.165) is 18.4 Å². The third kappa shape index (κ3) is 4.17. The first-order valence-electron chi connectivity index (χ1n) is 8.35. The molecule has 0 saturated heterocycles. The van der Waals surface area contributed by atoms with Gasteiger partial charge in [0.25, 0.3) is 5.91 Å². The number of carbonyl (C=O) groups excluding carboxylic acids is 1. The van der Waals surface area contributed by atoms with Crippen LogP contribution in [-0.2, 0) is 11.4 Å². The maximum atomic E-state index is 12.3. The Morgan fingerprint density at radius 1 is 1.20 bits per heavy atom. The molecule has 1 amide bonds. The van der Waals surface area contributed by atoms with Crippen molar-refractivity contribution in [1.29, 1.82) is 5.26 Å². The fraction of sp³-hybridized carbons (Fsp3) is 0.300. The molecule has 0 atom stereocenters. The summed E-state index contributed by atoms with van der Waals surface area (Å²) < 4.78 is 5.74. The fourth-order valence-corrected chi connectivity index (χ4v) is 3.00. The molecule has 25 heavy (non-hydrogen) atoms. The van der Waals surface area contributed by atoms with Gasteiger partial charge in [0, 0.05) is 11.8 Å². The quantitative estimate of drug-likeness (QED) is 0.877. The molecule has 3 rings (SSSR count). The van der Waals surface area contributed by atoms with Crippen LogP contribution in [0.25, 0.3) is 0 Å². The Bertz CT molecular complexity index is 805. The van der Waals surface area contributed by atoms with Crippen LogP contribution in [0.15, 0.2) is 48.5 Å². The molecule has 2 aromatic rings. The van der Waals surface area contributed by atoms with Gasteiger partial charge in [0.15, 0.2) is 0 Å². The lowest BCUT2D eigenvalue weighted by Gasteiger charge is -2.21. The number of nitriles is 1. The van der Waals surface area contributed by atoms with Gasteiger partial charge in [-0.25, -0.2) is 0 Å². The molecule has 2 N–H and O–H groups in total. The number of nitrogens with one attached hydrogen (secondary N) is 1. The number of benzene rings is 2. The van der Waals surface area contributed by atoms with E-state index < -0.39 is 5.60 Å². The monoisotopic (exact) mass is 336 g/mol. The predicted molar refractivity (Wildman–Crippen MR) is 94.0 cm³/mol. The van der Waals surface area contributed by atoms with E-state index in [9.17, 15) is 9.90 Å². The summed E-state index contributed by atoms with van der Waals surface area (Å²) in [5, 5.41) is 22.0. The number of amides is 1. The van der Waals surface area contributed by atoms with Gasteiger partial charge in [-0.3, -0.25) is 4.79 Å². The first-order chi connectivity index (χ1) is 12.1. The molecule has 5 nitrogen and oxygen atoms in total. The molecule has 0 radical (unpaired) electrons. The molecule has 5 heteroatoms. The topological polar surface area (TPSA) is 82.3 Å². The zero-order valence-corrected chi connectivity index (χ0v) is 13.9. The van der Waals surface area contributed by atoms with Gasteiger partial charge in [-0.1, -0.05) is 18.2 Å². The van der Waals surface area contributed by atoms with Crippen molar-refractivity contribution in [1.82, 2.24) is 0 Å². The molecule has 0 bridgehead atoms. The number of aliphatic hydroxyl groups is 1. The van der Waals surface area contributed by atoms with E-state index in [1.165, 1.54) is 0 Å². The number of ether oxygens (including phenoxy) is 1. The Balaban J connectivity index is 1.63. The largest absolute Gasteiger partial charge is 0.489 e. The zero-order chi connectivity index (χ0) is 17.7. The lowest BCUT2D eigenvalue weighted by atomic mass is 10.0. The maximum absolute atomic E-state index is 12.3. The van der Waals surface area contributed by atoms with E-state index in [4.69, 9.17) is 10.00 Å². The van der Waals surface area contributed by atoms with E-state index >= 15 is 0 Å². The highest BCUT2D eigenvalue weighted by Crippen LogP contribution is 2.31. The molecule has 2 aromatic carbocycles. The first kappa shape index (κ1) is 17.0. The van der Waals surface area contributed by atoms with Crippen LogP contribution < -0.4 is 10.1 Å². The highest BCUT2D eigenvalue weighted by atomic mass is 16.5. The molecule has 128 valence electrons. The highest BCUT2D eigenvalue weighted by molar-refractivity contribution is 5.97. The second kappa shape index (κ2) is 7.37. The molecular weight excluding hydrogens is 316 g/mol. The van der Waals surface area contributed by atoms with Gasteiger partial charge in [0.1, 0.15) is 18.0 Å². The van der Waals surface area contributed by atoms with Crippen molar-refractivity contribution >= 4 is 11.6 Å². The van der Waals surface area contributed by atoms with Crippen LogP contribution in [0, 0.1) is 11.3 Å². The fourth-order valence-electron chi connectivity index (χ4n) is 3.00. The molecule has 1 saturated carbocycles. The van der Waals surface area contributed by atoms with Gasteiger partial charge >= 0.3 is 0 Å².